The molecule has 4 nitrogen and oxygen atoms in total. The van der Waals surface area contributed by atoms with E-state index in [1.807, 2.05) is 0 Å². The Kier molecular flexibility index (Phi) is 3.13. The minimum absolute atomic E-state index is 0.0273. The molecular weight excluding hydrogens is 225 g/mol. The van der Waals surface area contributed by atoms with Crippen molar-refractivity contribution < 1.29 is 18.1 Å². The van der Waals surface area contributed by atoms with Crippen molar-refractivity contribution >= 4 is 5.69 Å². The molecule has 0 unspecified atom stereocenters. The van der Waals surface area contributed by atoms with E-state index in [2.05, 4.69) is 0 Å². The van der Waals surface area contributed by atoms with Crippen LogP contribution in [0.5, 0.6) is 0 Å². The van der Waals surface area contributed by atoms with Gasteiger partial charge in [-0.05, 0) is 6.07 Å². The highest BCUT2D eigenvalue weighted by Gasteiger charge is 2.32. The molecule has 0 spiro atoms. The smallest absolute Gasteiger partial charge is 0.258 e. The van der Waals surface area contributed by atoms with Gasteiger partial charge >= 0.3 is 6.18 Å². The number of hydrogen-bond acceptors (Lipinski definition) is 3. The van der Waals surface area contributed by atoms with Gasteiger partial charge in [-0.3, -0.25) is 10.1 Å². The second-order valence-corrected chi connectivity index (χ2v) is 2.93. The molecule has 0 aliphatic heterocycles. The summed E-state index contributed by atoms with van der Waals surface area (Å²) in [6, 6.07) is 3.76. The van der Waals surface area contributed by atoms with Crippen LogP contribution >= 0.6 is 0 Å². The molecule has 84 valence electrons. The molecule has 0 aliphatic carbocycles. The number of alkyl halides is 3. The van der Waals surface area contributed by atoms with Gasteiger partial charge in [0, 0.05) is 11.6 Å². The fourth-order valence-electron chi connectivity index (χ4n) is 1.14. The number of nitro groups is 1. The molecule has 0 bridgehead atoms. The Morgan fingerprint density at radius 1 is 1.44 bits per heavy atom. The van der Waals surface area contributed by atoms with E-state index in [0.29, 0.717) is 6.07 Å². The van der Waals surface area contributed by atoms with Crippen LogP contribution in [-0.2, 0) is 12.6 Å². The molecule has 0 amide bonds. The van der Waals surface area contributed by atoms with E-state index in [-0.39, 0.29) is 12.0 Å². The van der Waals surface area contributed by atoms with E-state index in [9.17, 15) is 23.3 Å². The maximum absolute atomic E-state index is 12.3. The summed E-state index contributed by atoms with van der Waals surface area (Å²) in [7, 11) is 0. The predicted molar refractivity (Wildman–Crippen MR) is 47.4 cm³/mol. The van der Waals surface area contributed by atoms with E-state index in [0.717, 1.165) is 12.1 Å². The van der Waals surface area contributed by atoms with Crippen molar-refractivity contribution in [2.24, 2.45) is 0 Å². The number of nitrogens with zero attached hydrogens (tertiary/aromatic N) is 2. The Labute approximate surface area is 88.1 Å². The molecule has 0 saturated carbocycles. The second-order valence-electron chi connectivity index (χ2n) is 2.93. The van der Waals surface area contributed by atoms with Gasteiger partial charge in [-0.1, -0.05) is 6.07 Å². The quantitative estimate of drug-likeness (QED) is 0.579. The van der Waals surface area contributed by atoms with E-state index >= 15 is 0 Å². The zero-order chi connectivity index (χ0) is 12.3. The third kappa shape index (κ3) is 2.48. The summed E-state index contributed by atoms with van der Waals surface area (Å²) in [4.78, 5) is 9.58. The van der Waals surface area contributed by atoms with Crippen LogP contribution in [0.25, 0.3) is 0 Å². The summed E-state index contributed by atoms with van der Waals surface area (Å²) in [5, 5.41) is 18.9. The van der Waals surface area contributed by atoms with Gasteiger partial charge in [-0.25, -0.2) is 0 Å². The van der Waals surface area contributed by atoms with Gasteiger partial charge in [0.15, 0.2) is 0 Å². The van der Waals surface area contributed by atoms with Crippen molar-refractivity contribution in [3.8, 4) is 6.07 Å². The standard InChI is InChI=1S/C9H5F3N2O2/c10-9(11,12)7-2-1-6(3-4-13)8(5-7)14(15)16/h1-2,5H,3H2. The average molecular weight is 230 g/mol. The first-order valence-electron chi connectivity index (χ1n) is 4.07. The third-order valence-electron chi connectivity index (χ3n) is 1.88. The molecule has 7 heteroatoms. The summed E-state index contributed by atoms with van der Waals surface area (Å²) >= 11 is 0. The van der Waals surface area contributed by atoms with Crippen molar-refractivity contribution in [3.05, 3.63) is 39.4 Å². The molecule has 0 heterocycles. The van der Waals surface area contributed by atoms with Crippen LogP contribution in [0, 0.1) is 21.4 Å². The Morgan fingerprint density at radius 3 is 2.50 bits per heavy atom. The average Bonchev–Trinajstić information content (AvgIpc) is 2.16. The number of hydrogen-bond donors (Lipinski definition) is 0. The lowest BCUT2D eigenvalue weighted by atomic mass is 10.1. The number of halogens is 3. The van der Waals surface area contributed by atoms with Crippen LogP contribution in [0.4, 0.5) is 18.9 Å². The lowest BCUT2D eigenvalue weighted by molar-refractivity contribution is -0.385. The number of benzene rings is 1. The fourth-order valence-corrected chi connectivity index (χ4v) is 1.14. The summed E-state index contributed by atoms with van der Waals surface area (Å²) in [6.45, 7) is 0. The van der Waals surface area contributed by atoms with Gasteiger partial charge in [-0.15, -0.1) is 0 Å². The first-order valence-corrected chi connectivity index (χ1v) is 4.07. The Hall–Kier alpha value is -2.10. The van der Waals surface area contributed by atoms with Crippen LogP contribution in [0.3, 0.4) is 0 Å². The van der Waals surface area contributed by atoms with Crippen molar-refractivity contribution in [1.82, 2.24) is 0 Å². The van der Waals surface area contributed by atoms with Gasteiger partial charge in [-0.2, -0.15) is 18.4 Å². The molecule has 0 aromatic heterocycles. The van der Waals surface area contributed by atoms with E-state index in [1.165, 1.54) is 0 Å². The van der Waals surface area contributed by atoms with Crippen molar-refractivity contribution in [3.63, 3.8) is 0 Å². The van der Waals surface area contributed by atoms with Crippen molar-refractivity contribution in [1.29, 1.82) is 5.26 Å². The molecule has 0 N–H and O–H groups in total. The first kappa shape index (κ1) is 12.0. The van der Waals surface area contributed by atoms with E-state index in [4.69, 9.17) is 5.26 Å². The zero-order valence-corrected chi connectivity index (χ0v) is 7.78. The van der Waals surface area contributed by atoms with Crippen molar-refractivity contribution in [2.45, 2.75) is 12.6 Å². The highest BCUT2D eigenvalue weighted by Crippen LogP contribution is 2.32. The highest BCUT2D eigenvalue weighted by molar-refractivity contribution is 5.45. The number of nitro benzene ring substituents is 1. The summed E-state index contributed by atoms with van der Waals surface area (Å²) in [5.74, 6) is 0. The second kappa shape index (κ2) is 4.18. The number of rotatable bonds is 2. The van der Waals surface area contributed by atoms with E-state index in [1.54, 1.807) is 6.07 Å². The Balaban J connectivity index is 3.29. The zero-order valence-electron chi connectivity index (χ0n) is 7.78. The van der Waals surface area contributed by atoms with Gasteiger partial charge in [0.05, 0.1) is 23.0 Å². The Bertz CT molecular complexity index is 463. The highest BCUT2D eigenvalue weighted by atomic mass is 19.4. The largest absolute Gasteiger partial charge is 0.416 e. The van der Waals surface area contributed by atoms with Crippen molar-refractivity contribution in [2.75, 3.05) is 0 Å². The molecule has 16 heavy (non-hydrogen) atoms. The molecule has 0 fully saturated rings. The van der Waals surface area contributed by atoms with Crippen LogP contribution in [0.1, 0.15) is 11.1 Å². The fraction of sp³-hybridized carbons (Fsp3) is 0.222. The monoisotopic (exact) mass is 230 g/mol. The summed E-state index contributed by atoms with van der Waals surface area (Å²) < 4.78 is 36.8. The van der Waals surface area contributed by atoms with E-state index < -0.39 is 22.4 Å². The molecule has 1 aromatic carbocycles. The number of nitriles is 1. The van der Waals surface area contributed by atoms with Crippen LogP contribution in [0.2, 0.25) is 0 Å². The molecule has 0 radical (unpaired) electrons. The summed E-state index contributed by atoms with van der Waals surface area (Å²) in [5.41, 5.74) is -1.81. The molecule has 0 atom stereocenters. The van der Waals surface area contributed by atoms with Crippen LogP contribution in [-0.4, -0.2) is 4.92 Å². The lowest BCUT2D eigenvalue weighted by Gasteiger charge is -2.07. The molecule has 0 saturated heterocycles. The molecular formula is C9H5F3N2O2. The molecule has 0 aliphatic rings. The van der Waals surface area contributed by atoms with Gasteiger partial charge in [0.25, 0.3) is 5.69 Å². The minimum Gasteiger partial charge on any atom is -0.258 e. The van der Waals surface area contributed by atoms with Gasteiger partial charge < -0.3 is 0 Å². The van der Waals surface area contributed by atoms with Crippen LogP contribution in [0.15, 0.2) is 18.2 Å². The van der Waals surface area contributed by atoms with Gasteiger partial charge in [0.2, 0.25) is 0 Å². The normalized spacial score (nSPS) is 10.9. The van der Waals surface area contributed by atoms with Crippen LogP contribution < -0.4 is 0 Å². The third-order valence-corrected chi connectivity index (χ3v) is 1.88. The predicted octanol–water partition coefficient (Wildman–Crippen LogP) is 2.68. The minimum atomic E-state index is -4.63. The molecule has 1 rings (SSSR count). The topological polar surface area (TPSA) is 66.9 Å². The lowest BCUT2D eigenvalue weighted by Crippen LogP contribution is -2.06. The Morgan fingerprint density at radius 2 is 2.06 bits per heavy atom. The van der Waals surface area contributed by atoms with Gasteiger partial charge in [0.1, 0.15) is 0 Å². The SMILES string of the molecule is N#CCc1ccc(C(F)(F)F)cc1[N+](=O)[O-]. The summed E-state index contributed by atoms with van der Waals surface area (Å²) in [6.07, 6.45) is -4.93. The molecule has 1 aromatic rings. The maximum atomic E-state index is 12.3. The first-order chi connectivity index (χ1) is 7.36. The maximum Gasteiger partial charge on any atom is 0.416 e.